The van der Waals surface area contributed by atoms with Gasteiger partial charge >= 0.3 is 0 Å². The summed E-state index contributed by atoms with van der Waals surface area (Å²) in [5.41, 5.74) is 7.00. The molecule has 1 aromatic rings. The molecule has 23 heavy (non-hydrogen) atoms. The number of amides is 1. The zero-order valence-corrected chi connectivity index (χ0v) is 13.6. The number of nitrogens with two attached hydrogens (primary N) is 1. The lowest BCUT2D eigenvalue weighted by molar-refractivity contribution is -0.131. The minimum absolute atomic E-state index is 0.0292. The van der Waals surface area contributed by atoms with E-state index in [0.29, 0.717) is 26.2 Å². The molecule has 0 radical (unpaired) electrons. The van der Waals surface area contributed by atoms with Gasteiger partial charge in [-0.05, 0) is 37.1 Å². The van der Waals surface area contributed by atoms with E-state index in [9.17, 15) is 4.79 Å². The summed E-state index contributed by atoms with van der Waals surface area (Å²) in [6.07, 6.45) is 5.15. The molecule has 2 aliphatic heterocycles. The van der Waals surface area contributed by atoms with Crippen LogP contribution in [0, 0.1) is 0 Å². The SMILES string of the molecule is NCC(CC(=O)N1CCCCCC1)c1ccc2c(c1)OCCO2. The molecule has 2 heterocycles. The number of carbonyl (C=O) groups is 1. The summed E-state index contributed by atoms with van der Waals surface area (Å²) >= 11 is 0. The normalized spacial score (nSPS) is 19.1. The fourth-order valence-corrected chi connectivity index (χ4v) is 3.31. The Kier molecular flexibility index (Phi) is 5.39. The topological polar surface area (TPSA) is 64.8 Å². The van der Waals surface area contributed by atoms with Crippen LogP contribution in [0.1, 0.15) is 43.6 Å². The number of nitrogens with zero attached hydrogens (tertiary/aromatic N) is 1. The van der Waals surface area contributed by atoms with Crippen LogP contribution in [-0.4, -0.2) is 43.7 Å². The molecule has 5 heteroatoms. The molecule has 0 bridgehead atoms. The Balaban J connectivity index is 1.68. The van der Waals surface area contributed by atoms with Gasteiger partial charge in [0.25, 0.3) is 0 Å². The van der Waals surface area contributed by atoms with Crippen molar-refractivity contribution in [1.82, 2.24) is 4.90 Å². The van der Waals surface area contributed by atoms with Crippen molar-refractivity contribution in [3.63, 3.8) is 0 Å². The monoisotopic (exact) mass is 318 g/mol. The van der Waals surface area contributed by atoms with Crippen LogP contribution in [0.25, 0.3) is 0 Å². The van der Waals surface area contributed by atoms with E-state index >= 15 is 0 Å². The molecule has 0 aliphatic carbocycles. The zero-order valence-electron chi connectivity index (χ0n) is 13.6. The summed E-state index contributed by atoms with van der Waals surface area (Å²) in [6.45, 7) is 3.38. The molecule has 126 valence electrons. The van der Waals surface area contributed by atoms with Crippen molar-refractivity contribution in [1.29, 1.82) is 0 Å². The fourth-order valence-electron chi connectivity index (χ4n) is 3.31. The first-order valence-electron chi connectivity index (χ1n) is 8.65. The van der Waals surface area contributed by atoms with Gasteiger partial charge in [0.1, 0.15) is 13.2 Å². The molecule has 0 saturated carbocycles. The minimum atomic E-state index is 0.0292. The Morgan fingerprint density at radius 3 is 2.48 bits per heavy atom. The quantitative estimate of drug-likeness (QED) is 0.925. The first-order chi connectivity index (χ1) is 11.3. The summed E-state index contributed by atoms with van der Waals surface area (Å²) in [4.78, 5) is 14.6. The van der Waals surface area contributed by atoms with Gasteiger partial charge in [-0.3, -0.25) is 4.79 Å². The third-order valence-corrected chi connectivity index (χ3v) is 4.70. The Labute approximate surface area is 137 Å². The molecule has 1 saturated heterocycles. The summed E-state index contributed by atoms with van der Waals surface area (Å²) in [5, 5.41) is 0. The van der Waals surface area contributed by atoms with Crippen molar-refractivity contribution in [2.24, 2.45) is 5.73 Å². The molecular weight excluding hydrogens is 292 g/mol. The lowest BCUT2D eigenvalue weighted by atomic mass is 9.94. The second kappa shape index (κ2) is 7.68. The van der Waals surface area contributed by atoms with Crippen LogP contribution in [0.5, 0.6) is 11.5 Å². The van der Waals surface area contributed by atoms with Crippen molar-refractivity contribution in [2.75, 3.05) is 32.8 Å². The van der Waals surface area contributed by atoms with E-state index in [-0.39, 0.29) is 11.8 Å². The van der Waals surface area contributed by atoms with Crippen molar-refractivity contribution < 1.29 is 14.3 Å². The molecule has 1 aromatic carbocycles. The highest BCUT2D eigenvalue weighted by atomic mass is 16.6. The standard InChI is InChI=1S/C18H26N2O3/c19-13-15(12-18(21)20-7-3-1-2-4-8-20)14-5-6-16-17(11-14)23-10-9-22-16/h5-6,11,15H,1-4,7-10,12-13,19H2. The van der Waals surface area contributed by atoms with Gasteiger partial charge in [0, 0.05) is 25.4 Å². The van der Waals surface area contributed by atoms with Crippen LogP contribution >= 0.6 is 0 Å². The van der Waals surface area contributed by atoms with E-state index < -0.39 is 0 Å². The average Bonchev–Trinajstić information content (AvgIpc) is 2.88. The van der Waals surface area contributed by atoms with Gasteiger partial charge in [-0.25, -0.2) is 0 Å². The van der Waals surface area contributed by atoms with Crippen LogP contribution in [0.15, 0.2) is 18.2 Å². The molecule has 1 amide bonds. The maximum Gasteiger partial charge on any atom is 0.223 e. The predicted octanol–water partition coefficient (Wildman–Crippen LogP) is 2.29. The maximum atomic E-state index is 12.6. The summed E-state index contributed by atoms with van der Waals surface area (Å²) in [5.74, 6) is 1.78. The van der Waals surface area contributed by atoms with Crippen molar-refractivity contribution in [2.45, 2.75) is 38.0 Å². The molecule has 3 rings (SSSR count). The molecule has 5 nitrogen and oxygen atoms in total. The van der Waals surface area contributed by atoms with Crippen molar-refractivity contribution in [3.8, 4) is 11.5 Å². The first kappa shape index (κ1) is 16.1. The summed E-state index contributed by atoms with van der Waals surface area (Å²) in [6, 6.07) is 5.89. The second-order valence-electron chi connectivity index (χ2n) is 6.33. The van der Waals surface area contributed by atoms with Crippen LogP contribution in [0.3, 0.4) is 0 Å². The van der Waals surface area contributed by atoms with Crippen LogP contribution in [0.2, 0.25) is 0 Å². The van der Waals surface area contributed by atoms with E-state index in [1.807, 2.05) is 23.1 Å². The Morgan fingerprint density at radius 1 is 1.09 bits per heavy atom. The predicted molar refractivity (Wildman–Crippen MR) is 88.9 cm³/mol. The number of hydrogen-bond acceptors (Lipinski definition) is 4. The van der Waals surface area contributed by atoms with Crippen molar-refractivity contribution >= 4 is 5.91 Å². The Morgan fingerprint density at radius 2 is 1.78 bits per heavy atom. The van der Waals surface area contributed by atoms with Gasteiger partial charge in [-0.15, -0.1) is 0 Å². The smallest absolute Gasteiger partial charge is 0.223 e. The number of fused-ring (bicyclic) bond motifs is 1. The fraction of sp³-hybridized carbons (Fsp3) is 0.611. The van der Waals surface area contributed by atoms with E-state index in [0.717, 1.165) is 43.0 Å². The number of likely N-dealkylation sites (tertiary alicyclic amines) is 1. The van der Waals surface area contributed by atoms with Crippen LogP contribution in [-0.2, 0) is 4.79 Å². The summed E-state index contributed by atoms with van der Waals surface area (Å²) in [7, 11) is 0. The van der Waals surface area contributed by atoms with Gasteiger partial charge in [-0.1, -0.05) is 18.9 Å². The second-order valence-corrected chi connectivity index (χ2v) is 6.33. The molecule has 0 aromatic heterocycles. The Hall–Kier alpha value is -1.75. The minimum Gasteiger partial charge on any atom is -0.486 e. The number of ether oxygens (including phenoxy) is 2. The van der Waals surface area contributed by atoms with Gasteiger partial charge in [0.2, 0.25) is 5.91 Å². The van der Waals surface area contributed by atoms with E-state index in [4.69, 9.17) is 15.2 Å². The molecule has 1 fully saturated rings. The van der Waals surface area contributed by atoms with Crippen LogP contribution < -0.4 is 15.2 Å². The zero-order chi connectivity index (χ0) is 16.1. The van der Waals surface area contributed by atoms with Gasteiger partial charge in [0.05, 0.1) is 0 Å². The Bertz CT molecular complexity index is 539. The van der Waals surface area contributed by atoms with Crippen molar-refractivity contribution in [3.05, 3.63) is 23.8 Å². The number of rotatable bonds is 4. The van der Waals surface area contributed by atoms with Gasteiger partial charge in [-0.2, -0.15) is 0 Å². The van der Waals surface area contributed by atoms with Gasteiger partial charge in [0.15, 0.2) is 11.5 Å². The highest BCUT2D eigenvalue weighted by Crippen LogP contribution is 2.34. The van der Waals surface area contributed by atoms with E-state index in [1.165, 1.54) is 12.8 Å². The lowest BCUT2D eigenvalue weighted by Crippen LogP contribution is -2.33. The maximum absolute atomic E-state index is 12.6. The van der Waals surface area contributed by atoms with E-state index in [1.54, 1.807) is 0 Å². The number of hydrogen-bond donors (Lipinski definition) is 1. The summed E-state index contributed by atoms with van der Waals surface area (Å²) < 4.78 is 11.2. The molecular formula is C18H26N2O3. The highest BCUT2D eigenvalue weighted by Gasteiger charge is 2.22. The highest BCUT2D eigenvalue weighted by molar-refractivity contribution is 5.77. The third kappa shape index (κ3) is 3.96. The molecule has 2 N–H and O–H groups in total. The molecule has 2 aliphatic rings. The molecule has 1 atom stereocenters. The number of benzene rings is 1. The largest absolute Gasteiger partial charge is 0.486 e. The molecule has 1 unspecified atom stereocenters. The third-order valence-electron chi connectivity index (χ3n) is 4.70. The lowest BCUT2D eigenvalue weighted by Gasteiger charge is -2.24. The average molecular weight is 318 g/mol. The molecule has 0 spiro atoms. The number of carbonyl (C=O) groups excluding carboxylic acids is 1. The van der Waals surface area contributed by atoms with E-state index in [2.05, 4.69) is 0 Å². The van der Waals surface area contributed by atoms with Gasteiger partial charge < -0.3 is 20.1 Å². The first-order valence-corrected chi connectivity index (χ1v) is 8.65. The van der Waals surface area contributed by atoms with Crippen LogP contribution in [0.4, 0.5) is 0 Å².